The Morgan fingerprint density at radius 2 is 1.78 bits per heavy atom. The molecule has 0 aliphatic rings. The second-order valence-corrected chi connectivity index (χ2v) is 6.02. The van der Waals surface area contributed by atoms with Crippen molar-refractivity contribution in [2.24, 2.45) is 0 Å². The molecule has 3 rings (SSSR count). The molecular formula is C20H18ClN3O3. The van der Waals surface area contributed by atoms with Gasteiger partial charge >= 0.3 is 0 Å². The average molecular weight is 384 g/mol. The first kappa shape index (κ1) is 18.5. The lowest BCUT2D eigenvalue weighted by Gasteiger charge is -2.12. The van der Waals surface area contributed by atoms with Crippen molar-refractivity contribution in [2.75, 3.05) is 24.9 Å². The Balaban J connectivity index is 1.78. The third-order valence-corrected chi connectivity index (χ3v) is 4.05. The number of aromatic nitrogens is 1. The fraction of sp³-hybridized carbons (Fsp3) is 0.100. The number of hydrogen-bond acceptors (Lipinski definition) is 5. The van der Waals surface area contributed by atoms with E-state index in [9.17, 15) is 4.79 Å². The van der Waals surface area contributed by atoms with Gasteiger partial charge in [0.25, 0.3) is 5.91 Å². The molecule has 2 aromatic carbocycles. The summed E-state index contributed by atoms with van der Waals surface area (Å²) in [6, 6.07) is 15.7. The maximum atomic E-state index is 12.7. The van der Waals surface area contributed by atoms with E-state index in [1.807, 2.05) is 12.1 Å². The molecule has 0 spiro atoms. The first-order valence-electron chi connectivity index (χ1n) is 8.11. The van der Waals surface area contributed by atoms with E-state index < -0.39 is 0 Å². The molecule has 3 aromatic rings. The first-order chi connectivity index (χ1) is 13.1. The molecular weight excluding hydrogens is 366 g/mol. The highest BCUT2D eigenvalue weighted by Crippen LogP contribution is 2.29. The van der Waals surface area contributed by atoms with Crippen LogP contribution in [-0.4, -0.2) is 25.1 Å². The number of hydrogen-bond donors (Lipinski definition) is 2. The molecule has 0 aliphatic heterocycles. The monoisotopic (exact) mass is 383 g/mol. The Bertz CT molecular complexity index is 945. The van der Waals surface area contributed by atoms with Crippen molar-refractivity contribution in [2.45, 2.75) is 0 Å². The van der Waals surface area contributed by atoms with E-state index in [1.54, 1.807) is 55.8 Å². The van der Waals surface area contributed by atoms with Gasteiger partial charge in [-0.25, -0.2) is 4.98 Å². The van der Waals surface area contributed by atoms with Gasteiger partial charge in [0.05, 0.1) is 19.9 Å². The van der Waals surface area contributed by atoms with Gasteiger partial charge in [-0.15, -0.1) is 0 Å². The van der Waals surface area contributed by atoms with Gasteiger partial charge in [-0.3, -0.25) is 4.79 Å². The Morgan fingerprint density at radius 3 is 2.48 bits per heavy atom. The summed E-state index contributed by atoms with van der Waals surface area (Å²) in [5.74, 6) is 1.41. The van der Waals surface area contributed by atoms with Crippen LogP contribution in [0.5, 0.6) is 11.5 Å². The third kappa shape index (κ3) is 4.68. The standard InChI is InChI=1S/C20H18ClN3O3/c1-26-16-7-8-18(27-2)17(12-16)24-20(25)13-9-10-22-19(11-13)23-15-5-3-14(21)4-6-15/h3-12H,1-2H3,(H,22,23)(H,24,25). The van der Waals surface area contributed by atoms with Gasteiger partial charge in [0.2, 0.25) is 0 Å². The fourth-order valence-corrected chi connectivity index (χ4v) is 2.55. The van der Waals surface area contributed by atoms with Crippen molar-refractivity contribution in [3.63, 3.8) is 0 Å². The summed E-state index contributed by atoms with van der Waals surface area (Å²) in [4.78, 5) is 16.9. The molecule has 0 aliphatic carbocycles. The van der Waals surface area contributed by atoms with Crippen LogP contribution in [0.15, 0.2) is 60.8 Å². The van der Waals surface area contributed by atoms with Gasteiger partial charge in [0.1, 0.15) is 17.3 Å². The lowest BCUT2D eigenvalue weighted by molar-refractivity contribution is 0.102. The Hall–Kier alpha value is -3.25. The summed E-state index contributed by atoms with van der Waals surface area (Å²) >= 11 is 5.89. The Kier molecular flexibility index (Phi) is 5.78. The highest BCUT2D eigenvalue weighted by molar-refractivity contribution is 6.30. The number of nitrogens with zero attached hydrogens (tertiary/aromatic N) is 1. The van der Waals surface area contributed by atoms with Crippen molar-refractivity contribution in [3.8, 4) is 11.5 Å². The molecule has 0 fully saturated rings. The van der Waals surface area contributed by atoms with Crippen molar-refractivity contribution >= 4 is 34.7 Å². The van der Waals surface area contributed by atoms with Crippen molar-refractivity contribution < 1.29 is 14.3 Å². The molecule has 1 heterocycles. The van der Waals surface area contributed by atoms with Crippen LogP contribution in [0.2, 0.25) is 5.02 Å². The molecule has 138 valence electrons. The van der Waals surface area contributed by atoms with Gasteiger partial charge in [-0.1, -0.05) is 11.6 Å². The highest BCUT2D eigenvalue weighted by atomic mass is 35.5. The van der Waals surface area contributed by atoms with Crippen LogP contribution in [0.3, 0.4) is 0 Å². The summed E-state index contributed by atoms with van der Waals surface area (Å²) in [5.41, 5.74) is 1.79. The molecule has 1 aromatic heterocycles. The van der Waals surface area contributed by atoms with Gasteiger partial charge < -0.3 is 20.1 Å². The van der Waals surface area contributed by atoms with E-state index in [2.05, 4.69) is 15.6 Å². The molecule has 0 bridgehead atoms. The van der Waals surface area contributed by atoms with E-state index >= 15 is 0 Å². The van der Waals surface area contributed by atoms with Crippen molar-refractivity contribution in [1.29, 1.82) is 0 Å². The molecule has 7 heteroatoms. The maximum absolute atomic E-state index is 12.7. The number of methoxy groups -OCH3 is 2. The minimum Gasteiger partial charge on any atom is -0.497 e. The number of anilines is 3. The number of carbonyl (C=O) groups excluding carboxylic acids is 1. The van der Waals surface area contributed by atoms with Crippen molar-refractivity contribution in [3.05, 3.63) is 71.4 Å². The van der Waals surface area contributed by atoms with Gasteiger partial charge in [0.15, 0.2) is 0 Å². The summed E-state index contributed by atoms with van der Waals surface area (Å²) in [7, 11) is 3.10. The number of benzene rings is 2. The van der Waals surface area contributed by atoms with Crippen LogP contribution < -0.4 is 20.1 Å². The zero-order valence-corrected chi connectivity index (χ0v) is 15.6. The second-order valence-electron chi connectivity index (χ2n) is 5.58. The topological polar surface area (TPSA) is 72.5 Å². The summed E-state index contributed by atoms with van der Waals surface area (Å²) < 4.78 is 10.5. The van der Waals surface area contributed by atoms with Crippen LogP contribution in [0.25, 0.3) is 0 Å². The molecule has 0 saturated heterocycles. The third-order valence-electron chi connectivity index (χ3n) is 3.79. The van der Waals surface area contributed by atoms with Gasteiger partial charge in [0, 0.05) is 28.5 Å². The number of nitrogens with one attached hydrogen (secondary N) is 2. The normalized spacial score (nSPS) is 10.2. The Morgan fingerprint density at radius 1 is 1.00 bits per heavy atom. The average Bonchev–Trinajstić information content (AvgIpc) is 2.70. The van der Waals surface area contributed by atoms with E-state index in [1.165, 1.54) is 7.11 Å². The molecule has 0 saturated carbocycles. The summed E-state index contributed by atoms with van der Waals surface area (Å²) in [6.45, 7) is 0. The van der Waals surface area contributed by atoms with Crippen LogP contribution in [-0.2, 0) is 0 Å². The first-order valence-corrected chi connectivity index (χ1v) is 8.49. The number of carbonyl (C=O) groups is 1. The molecule has 2 N–H and O–H groups in total. The highest BCUT2D eigenvalue weighted by Gasteiger charge is 2.12. The maximum Gasteiger partial charge on any atom is 0.255 e. The van der Waals surface area contributed by atoms with Crippen LogP contribution in [0.4, 0.5) is 17.2 Å². The largest absolute Gasteiger partial charge is 0.497 e. The number of halogens is 1. The Labute approximate surface area is 162 Å². The zero-order chi connectivity index (χ0) is 19.2. The van der Waals surface area contributed by atoms with E-state index in [-0.39, 0.29) is 5.91 Å². The molecule has 27 heavy (non-hydrogen) atoms. The van der Waals surface area contributed by atoms with Crippen molar-refractivity contribution in [1.82, 2.24) is 4.98 Å². The predicted molar refractivity (Wildman–Crippen MR) is 106 cm³/mol. The van der Waals surface area contributed by atoms with E-state index in [0.29, 0.717) is 33.6 Å². The number of ether oxygens (including phenoxy) is 2. The van der Waals surface area contributed by atoms with E-state index in [0.717, 1.165) is 5.69 Å². The minimum atomic E-state index is -0.289. The molecule has 0 radical (unpaired) electrons. The molecule has 0 atom stereocenters. The quantitative estimate of drug-likeness (QED) is 0.642. The smallest absolute Gasteiger partial charge is 0.255 e. The van der Waals surface area contributed by atoms with Crippen LogP contribution in [0, 0.1) is 0 Å². The molecule has 6 nitrogen and oxygen atoms in total. The summed E-state index contributed by atoms with van der Waals surface area (Å²) in [6.07, 6.45) is 1.57. The van der Waals surface area contributed by atoms with Crippen LogP contribution >= 0.6 is 11.6 Å². The molecule has 0 unspecified atom stereocenters. The van der Waals surface area contributed by atoms with Crippen LogP contribution in [0.1, 0.15) is 10.4 Å². The van der Waals surface area contributed by atoms with Gasteiger partial charge in [-0.2, -0.15) is 0 Å². The lowest BCUT2D eigenvalue weighted by atomic mass is 10.2. The second kappa shape index (κ2) is 8.42. The number of pyridine rings is 1. The number of amides is 1. The van der Waals surface area contributed by atoms with Gasteiger partial charge in [-0.05, 0) is 48.5 Å². The lowest BCUT2D eigenvalue weighted by Crippen LogP contribution is -2.13. The summed E-state index contributed by atoms with van der Waals surface area (Å²) in [5, 5.41) is 6.62. The number of rotatable bonds is 6. The molecule has 1 amide bonds. The predicted octanol–water partition coefficient (Wildman–Crippen LogP) is 4.75. The zero-order valence-electron chi connectivity index (χ0n) is 14.8. The van der Waals surface area contributed by atoms with E-state index in [4.69, 9.17) is 21.1 Å². The fourth-order valence-electron chi connectivity index (χ4n) is 2.43. The SMILES string of the molecule is COc1ccc(OC)c(NC(=O)c2ccnc(Nc3ccc(Cl)cc3)c2)c1. The minimum absolute atomic E-state index is 0.289.